The van der Waals surface area contributed by atoms with E-state index in [9.17, 15) is 9.59 Å². The summed E-state index contributed by atoms with van der Waals surface area (Å²) in [6.07, 6.45) is 1.81. The van der Waals surface area contributed by atoms with Gasteiger partial charge in [-0.1, -0.05) is 6.07 Å². The number of pyridine rings is 2. The van der Waals surface area contributed by atoms with Crippen LogP contribution < -0.4 is 20.9 Å². The number of hydrogen-bond acceptors (Lipinski definition) is 6. The number of hydrogen-bond donors (Lipinski definition) is 3. The molecule has 9 heteroatoms. The van der Waals surface area contributed by atoms with Gasteiger partial charge in [-0.05, 0) is 37.6 Å². The zero-order valence-corrected chi connectivity index (χ0v) is 17.7. The molecule has 0 spiro atoms. The Bertz CT molecular complexity index is 877. The van der Waals surface area contributed by atoms with Crippen LogP contribution in [0.3, 0.4) is 0 Å². The molecule has 3 heterocycles. The van der Waals surface area contributed by atoms with Crippen molar-refractivity contribution in [2.75, 3.05) is 50.0 Å². The van der Waals surface area contributed by atoms with Gasteiger partial charge in [0.2, 0.25) is 0 Å². The van der Waals surface area contributed by atoms with Gasteiger partial charge in [-0.15, -0.1) is 0 Å². The topological polar surface area (TPSA) is 102 Å². The average molecular weight is 412 g/mol. The highest BCUT2D eigenvalue weighted by molar-refractivity contribution is 5.92. The van der Waals surface area contributed by atoms with Gasteiger partial charge in [0.15, 0.2) is 0 Å². The van der Waals surface area contributed by atoms with Gasteiger partial charge in [-0.3, -0.25) is 15.0 Å². The Balaban J connectivity index is 1.52. The molecule has 1 aliphatic heterocycles. The molecule has 3 rings (SSSR count). The van der Waals surface area contributed by atoms with Gasteiger partial charge in [0.05, 0.1) is 11.4 Å². The Morgan fingerprint density at radius 2 is 1.87 bits per heavy atom. The highest BCUT2D eigenvalue weighted by Gasteiger charge is 2.20. The number of aryl methyl sites for hydroxylation is 1. The predicted octanol–water partition coefficient (Wildman–Crippen LogP) is 1.61. The second-order valence-corrected chi connectivity index (χ2v) is 7.18. The zero-order chi connectivity index (χ0) is 21.5. The summed E-state index contributed by atoms with van der Waals surface area (Å²) in [5, 5.41) is 7.99. The third-order valence-electron chi connectivity index (χ3n) is 5.04. The van der Waals surface area contributed by atoms with Crippen LogP contribution in [0, 0.1) is 6.92 Å². The highest BCUT2D eigenvalue weighted by atomic mass is 16.2. The van der Waals surface area contributed by atoms with Crippen LogP contribution in [-0.4, -0.2) is 66.6 Å². The summed E-state index contributed by atoms with van der Waals surface area (Å²) in [7, 11) is 1.61. The van der Waals surface area contributed by atoms with Gasteiger partial charge in [-0.2, -0.15) is 0 Å². The van der Waals surface area contributed by atoms with E-state index in [1.807, 2.05) is 32.0 Å². The minimum Gasteiger partial charge on any atom is -0.368 e. The van der Waals surface area contributed by atoms with E-state index in [4.69, 9.17) is 0 Å². The van der Waals surface area contributed by atoms with Crippen molar-refractivity contribution in [3.8, 4) is 0 Å². The molecular weight excluding hydrogens is 382 g/mol. The highest BCUT2D eigenvalue weighted by Crippen LogP contribution is 2.21. The van der Waals surface area contributed by atoms with Crippen molar-refractivity contribution >= 4 is 23.4 Å². The molecule has 1 aliphatic rings. The van der Waals surface area contributed by atoms with Gasteiger partial charge < -0.3 is 15.5 Å². The molecule has 2 aromatic heterocycles. The Morgan fingerprint density at radius 3 is 2.47 bits per heavy atom. The summed E-state index contributed by atoms with van der Waals surface area (Å²) >= 11 is 0. The van der Waals surface area contributed by atoms with Crippen molar-refractivity contribution < 1.29 is 9.59 Å². The van der Waals surface area contributed by atoms with Crippen LogP contribution in [0.2, 0.25) is 0 Å². The summed E-state index contributed by atoms with van der Waals surface area (Å²) in [6, 6.07) is 7.32. The van der Waals surface area contributed by atoms with E-state index in [0.29, 0.717) is 18.1 Å². The molecule has 3 amide bonds. The fourth-order valence-electron chi connectivity index (χ4n) is 3.46. The number of carbonyl (C=O) groups is 2. The van der Waals surface area contributed by atoms with Crippen molar-refractivity contribution in [2.24, 2.45) is 0 Å². The van der Waals surface area contributed by atoms with Gasteiger partial charge in [0.1, 0.15) is 11.5 Å². The van der Waals surface area contributed by atoms with Crippen molar-refractivity contribution in [3.05, 3.63) is 47.4 Å². The van der Waals surface area contributed by atoms with E-state index in [2.05, 4.69) is 35.7 Å². The third kappa shape index (κ3) is 5.44. The summed E-state index contributed by atoms with van der Waals surface area (Å²) in [4.78, 5) is 36.8. The van der Waals surface area contributed by atoms with E-state index in [-0.39, 0.29) is 11.9 Å². The molecule has 30 heavy (non-hydrogen) atoms. The van der Waals surface area contributed by atoms with E-state index >= 15 is 0 Å². The number of aromatic nitrogens is 2. The first-order valence-electron chi connectivity index (χ1n) is 10.2. The minimum absolute atomic E-state index is 0.171. The zero-order valence-electron chi connectivity index (χ0n) is 17.7. The Kier molecular flexibility index (Phi) is 7.18. The second-order valence-electron chi connectivity index (χ2n) is 7.18. The quantitative estimate of drug-likeness (QED) is 0.667. The number of amides is 3. The fraction of sp³-hybridized carbons (Fsp3) is 0.429. The monoisotopic (exact) mass is 411 g/mol. The van der Waals surface area contributed by atoms with E-state index < -0.39 is 0 Å². The molecule has 0 unspecified atom stereocenters. The lowest BCUT2D eigenvalue weighted by Gasteiger charge is -2.36. The van der Waals surface area contributed by atoms with Crippen molar-refractivity contribution in [1.82, 2.24) is 25.5 Å². The fourth-order valence-corrected chi connectivity index (χ4v) is 3.46. The smallest absolute Gasteiger partial charge is 0.320 e. The standard InChI is InChI=1S/C21H29N7O2/c1-4-23-21(30)26-19-8-5-16(13-24-19)14-27-9-11-28(12-10-27)18-7-6-17(20(29)22-3)25-15(18)2/h5-8,13H,4,9-12,14H2,1-3H3,(H,22,29)(H2,23,24,26,30). The molecule has 9 nitrogen and oxygen atoms in total. The number of urea groups is 1. The SMILES string of the molecule is CCNC(=O)Nc1ccc(CN2CCN(c3ccc(C(=O)NC)nc3C)CC2)cn1. The average Bonchev–Trinajstić information content (AvgIpc) is 2.75. The van der Waals surface area contributed by atoms with Crippen molar-refractivity contribution in [1.29, 1.82) is 0 Å². The van der Waals surface area contributed by atoms with E-state index in [0.717, 1.165) is 49.7 Å². The van der Waals surface area contributed by atoms with E-state index in [1.54, 1.807) is 19.3 Å². The molecular formula is C21H29N7O2. The van der Waals surface area contributed by atoms with Crippen LogP contribution in [0.5, 0.6) is 0 Å². The van der Waals surface area contributed by atoms with Crippen LogP contribution in [-0.2, 0) is 6.54 Å². The first kappa shape index (κ1) is 21.5. The number of nitrogens with zero attached hydrogens (tertiary/aromatic N) is 4. The van der Waals surface area contributed by atoms with Crippen molar-refractivity contribution in [2.45, 2.75) is 20.4 Å². The largest absolute Gasteiger partial charge is 0.368 e. The maximum Gasteiger partial charge on any atom is 0.320 e. The number of rotatable bonds is 6. The molecule has 0 atom stereocenters. The van der Waals surface area contributed by atoms with E-state index in [1.165, 1.54) is 0 Å². The number of piperazine rings is 1. The minimum atomic E-state index is -0.248. The summed E-state index contributed by atoms with van der Waals surface area (Å²) in [5.74, 6) is 0.369. The molecule has 0 aliphatic carbocycles. The van der Waals surface area contributed by atoms with Gasteiger partial charge in [0, 0.05) is 52.5 Å². The molecule has 1 saturated heterocycles. The molecule has 0 aromatic carbocycles. The van der Waals surface area contributed by atoms with Gasteiger partial charge in [-0.25, -0.2) is 14.8 Å². The Hall–Kier alpha value is -3.20. The second kappa shape index (κ2) is 10.0. The summed E-state index contributed by atoms with van der Waals surface area (Å²) < 4.78 is 0. The third-order valence-corrected chi connectivity index (χ3v) is 5.04. The molecule has 2 aromatic rings. The van der Waals surface area contributed by atoms with Gasteiger partial charge in [0.25, 0.3) is 5.91 Å². The number of carbonyl (C=O) groups excluding carboxylic acids is 2. The van der Waals surface area contributed by atoms with Crippen LogP contribution in [0.15, 0.2) is 30.5 Å². The maximum absolute atomic E-state index is 11.7. The number of anilines is 2. The summed E-state index contributed by atoms with van der Waals surface area (Å²) in [5.41, 5.74) is 3.49. The predicted molar refractivity (Wildman–Crippen MR) is 117 cm³/mol. The number of nitrogens with one attached hydrogen (secondary N) is 3. The van der Waals surface area contributed by atoms with Crippen molar-refractivity contribution in [3.63, 3.8) is 0 Å². The van der Waals surface area contributed by atoms with Gasteiger partial charge >= 0.3 is 6.03 Å². The Morgan fingerprint density at radius 1 is 1.10 bits per heavy atom. The normalized spacial score (nSPS) is 14.3. The van der Waals surface area contributed by atoms with Crippen LogP contribution in [0.4, 0.5) is 16.3 Å². The Labute approximate surface area is 176 Å². The first-order chi connectivity index (χ1) is 14.5. The molecule has 3 N–H and O–H groups in total. The first-order valence-corrected chi connectivity index (χ1v) is 10.2. The maximum atomic E-state index is 11.7. The molecule has 1 fully saturated rings. The lowest BCUT2D eigenvalue weighted by atomic mass is 10.2. The van der Waals surface area contributed by atoms with Crippen LogP contribution >= 0.6 is 0 Å². The molecule has 160 valence electrons. The lowest BCUT2D eigenvalue weighted by molar-refractivity contribution is 0.0958. The van der Waals surface area contributed by atoms with Crippen LogP contribution in [0.1, 0.15) is 28.7 Å². The summed E-state index contributed by atoms with van der Waals surface area (Å²) in [6.45, 7) is 8.84. The molecule has 0 saturated carbocycles. The molecule has 0 radical (unpaired) electrons. The van der Waals surface area contributed by atoms with Crippen LogP contribution in [0.25, 0.3) is 0 Å². The lowest BCUT2D eigenvalue weighted by Crippen LogP contribution is -2.46. The molecule has 0 bridgehead atoms.